The molecular formula is C19H35N5O2. The Morgan fingerprint density at radius 3 is 2.50 bits per heavy atom. The number of carbonyl (C=O) groups excluding carboxylic acids is 1. The average Bonchev–Trinajstić information content (AvgIpc) is 3.36. The fraction of sp³-hybridized carbons (Fsp3) is 0.895. The number of ether oxygens (including phenoxy) is 1. The third kappa shape index (κ3) is 4.88. The number of nitrogens with zero attached hydrogens (tertiary/aromatic N) is 4. The first-order valence-corrected chi connectivity index (χ1v) is 10.4. The van der Waals surface area contributed by atoms with Gasteiger partial charge in [-0.2, -0.15) is 0 Å². The Hall–Kier alpha value is -1.34. The second-order valence-electron chi connectivity index (χ2n) is 7.56. The zero-order valence-electron chi connectivity index (χ0n) is 16.5. The summed E-state index contributed by atoms with van der Waals surface area (Å²) < 4.78 is 5.55. The van der Waals surface area contributed by atoms with Crippen molar-refractivity contribution in [2.45, 2.75) is 39.2 Å². The van der Waals surface area contributed by atoms with Crippen LogP contribution < -0.4 is 5.32 Å². The van der Waals surface area contributed by atoms with Crippen LogP contribution in [0.2, 0.25) is 0 Å². The molecule has 3 rings (SSSR count). The Balaban J connectivity index is 1.49. The monoisotopic (exact) mass is 365 g/mol. The number of rotatable bonds is 5. The molecule has 0 aromatic carbocycles. The first-order valence-electron chi connectivity index (χ1n) is 10.4. The number of hydrogen-bond acceptors (Lipinski definition) is 4. The summed E-state index contributed by atoms with van der Waals surface area (Å²) in [4.78, 5) is 24.2. The molecule has 0 saturated carbocycles. The van der Waals surface area contributed by atoms with E-state index in [1.807, 2.05) is 4.90 Å². The van der Waals surface area contributed by atoms with Crippen molar-refractivity contribution in [2.75, 3.05) is 65.5 Å². The summed E-state index contributed by atoms with van der Waals surface area (Å²) in [6.07, 6.45) is 2.93. The van der Waals surface area contributed by atoms with Gasteiger partial charge in [0, 0.05) is 52.4 Å². The molecule has 3 fully saturated rings. The molecule has 2 unspecified atom stereocenters. The fourth-order valence-electron chi connectivity index (χ4n) is 4.11. The zero-order valence-corrected chi connectivity index (χ0v) is 16.5. The molecule has 0 aliphatic carbocycles. The summed E-state index contributed by atoms with van der Waals surface area (Å²) >= 11 is 0. The molecule has 1 amide bonds. The molecule has 7 nitrogen and oxygen atoms in total. The van der Waals surface area contributed by atoms with Crippen molar-refractivity contribution in [3.8, 4) is 0 Å². The number of nitrogens with one attached hydrogen (secondary N) is 1. The number of guanidine groups is 1. The maximum absolute atomic E-state index is 12.5. The van der Waals surface area contributed by atoms with Crippen LogP contribution in [0.3, 0.4) is 0 Å². The van der Waals surface area contributed by atoms with Gasteiger partial charge in [-0.25, -0.2) is 0 Å². The molecule has 0 aromatic heterocycles. The smallest absolute Gasteiger partial charge is 0.251 e. The molecule has 0 radical (unpaired) electrons. The summed E-state index contributed by atoms with van der Waals surface area (Å²) in [6.45, 7) is 13.6. The molecule has 0 spiro atoms. The number of likely N-dealkylation sites (tertiary alicyclic amines) is 1. The first kappa shape index (κ1) is 19.4. The molecule has 2 atom stereocenters. The van der Waals surface area contributed by atoms with Gasteiger partial charge in [0.25, 0.3) is 5.91 Å². The standard InChI is InChI=1S/C19H35N5O2/c1-3-20-19(21-14-16-7-8-22(4-2)15-16)24-11-9-23(10-12-24)18(25)17-6-5-13-26-17/h16-17H,3-15H2,1-2H3,(H,20,21). The molecule has 0 bridgehead atoms. The van der Waals surface area contributed by atoms with E-state index < -0.39 is 0 Å². The quantitative estimate of drug-likeness (QED) is 0.572. The summed E-state index contributed by atoms with van der Waals surface area (Å²) in [5.74, 6) is 1.85. The topological polar surface area (TPSA) is 60.4 Å². The van der Waals surface area contributed by atoms with E-state index in [4.69, 9.17) is 9.73 Å². The molecule has 3 aliphatic rings. The molecular weight excluding hydrogens is 330 g/mol. The van der Waals surface area contributed by atoms with Gasteiger partial charge >= 0.3 is 0 Å². The second kappa shape index (κ2) is 9.55. The lowest BCUT2D eigenvalue weighted by Crippen LogP contribution is -2.55. The van der Waals surface area contributed by atoms with Gasteiger partial charge in [0.05, 0.1) is 0 Å². The Kier molecular flexibility index (Phi) is 7.14. The van der Waals surface area contributed by atoms with E-state index in [9.17, 15) is 4.79 Å². The van der Waals surface area contributed by atoms with Crippen LogP contribution in [-0.4, -0.2) is 98.2 Å². The predicted molar refractivity (Wildman–Crippen MR) is 103 cm³/mol. The predicted octanol–water partition coefficient (Wildman–Crippen LogP) is 0.617. The minimum absolute atomic E-state index is 0.176. The van der Waals surface area contributed by atoms with Gasteiger partial charge in [0.1, 0.15) is 6.10 Å². The SMILES string of the molecule is CCNC(=NCC1CCN(CC)C1)N1CCN(C(=O)C2CCCO2)CC1. The third-order valence-electron chi connectivity index (χ3n) is 5.75. The molecule has 3 heterocycles. The number of piperazine rings is 1. The molecule has 7 heteroatoms. The van der Waals surface area contributed by atoms with Gasteiger partial charge in [-0.05, 0) is 45.2 Å². The lowest BCUT2D eigenvalue weighted by Gasteiger charge is -2.37. The molecule has 26 heavy (non-hydrogen) atoms. The van der Waals surface area contributed by atoms with Crippen molar-refractivity contribution in [3.05, 3.63) is 0 Å². The van der Waals surface area contributed by atoms with E-state index in [1.165, 1.54) is 19.5 Å². The average molecular weight is 366 g/mol. The Morgan fingerprint density at radius 1 is 1.12 bits per heavy atom. The van der Waals surface area contributed by atoms with Crippen molar-refractivity contribution < 1.29 is 9.53 Å². The second-order valence-corrected chi connectivity index (χ2v) is 7.56. The molecule has 3 aliphatic heterocycles. The molecule has 1 N–H and O–H groups in total. The highest BCUT2D eigenvalue weighted by Gasteiger charge is 2.31. The molecule has 3 saturated heterocycles. The van der Waals surface area contributed by atoms with E-state index >= 15 is 0 Å². The highest BCUT2D eigenvalue weighted by molar-refractivity contribution is 5.82. The maximum atomic E-state index is 12.5. The minimum atomic E-state index is -0.202. The lowest BCUT2D eigenvalue weighted by molar-refractivity contribution is -0.142. The summed E-state index contributed by atoms with van der Waals surface area (Å²) in [5, 5.41) is 3.43. The summed E-state index contributed by atoms with van der Waals surface area (Å²) in [5.41, 5.74) is 0. The first-order chi connectivity index (χ1) is 12.7. The Bertz CT molecular complexity index is 484. The largest absolute Gasteiger partial charge is 0.368 e. The highest BCUT2D eigenvalue weighted by atomic mass is 16.5. The van der Waals surface area contributed by atoms with Gasteiger partial charge in [-0.3, -0.25) is 9.79 Å². The number of hydrogen-bond donors (Lipinski definition) is 1. The number of amides is 1. The third-order valence-corrected chi connectivity index (χ3v) is 5.75. The van der Waals surface area contributed by atoms with Gasteiger partial charge in [0.2, 0.25) is 0 Å². The van der Waals surface area contributed by atoms with Crippen LogP contribution in [0, 0.1) is 5.92 Å². The van der Waals surface area contributed by atoms with Crippen LogP contribution in [0.1, 0.15) is 33.1 Å². The van der Waals surface area contributed by atoms with E-state index in [-0.39, 0.29) is 12.0 Å². The van der Waals surface area contributed by atoms with Crippen LogP contribution in [0.5, 0.6) is 0 Å². The fourth-order valence-corrected chi connectivity index (χ4v) is 4.11. The maximum Gasteiger partial charge on any atom is 0.251 e. The van der Waals surface area contributed by atoms with E-state index in [2.05, 4.69) is 29.0 Å². The van der Waals surface area contributed by atoms with E-state index in [0.29, 0.717) is 5.92 Å². The van der Waals surface area contributed by atoms with Gasteiger partial charge < -0.3 is 24.8 Å². The molecule has 0 aromatic rings. The van der Waals surface area contributed by atoms with Crippen molar-refractivity contribution in [1.29, 1.82) is 0 Å². The van der Waals surface area contributed by atoms with Gasteiger partial charge in [-0.15, -0.1) is 0 Å². The van der Waals surface area contributed by atoms with E-state index in [1.54, 1.807) is 0 Å². The summed E-state index contributed by atoms with van der Waals surface area (Å²) in [6, 6.07) is 0. The van der Waals surface area contributed by atoms with Gasteiger partial charge in [0.15, 0.2) is 5.96 Å². The number of aliphatic imine (C=N–C) groups is 1. The normalized spacial score (nSPS) is 28.0. The van der Waals surface area contributed by atoms with Crippen molar-refractivity contribution in [1.82, 2.24) is 20.0 Å². The van der Waals surface area contributed by atoms with Crippen LogP contribution in [0.4, 0.5) is 0 Å². The highest BCUT2D eigenvalue weighted by Crippen LogP contribution is 2.17. The Morgan fingerprint density at radius 2 is 1.88 bits per heavy atom. The van der Waals surface area contributed by atoms with Crippen LogP contribution in [0.15, 0.2) is 4.99 Å². The minimum Gasteiger partial charge on any atom is -0.368 e. The van der Waals surface area contributed by atoms with Crippen molar-refractivity contribution in [3.63, 3.8) is 0 Å². The lowest BCUT2D eigenvalue weighted by atomic mass is 10.1. The van der Waals surface area contributed by atoms with Crippen LogP contribution >= 0.6 is 0 Å². The molecule has 148 valence electrons. The van der Waals surface area contributed by atoms with Crippen molar-refractivity contribution >= 4 is 11.9 Å². The zero-order chi connectivity index (χ0) is 18.4. The van der Waals surface area contributed by atoms with Crippen LogP contribution in [0.25, 0.3) is 0 Å². The Labute approximate surface area is 157 Å². The van der Waals surface area contributed by atoms with Crippen molar-refractivity contribution in [2.24, 2.45) is 10.9 Å². The number of carbonyl (C=O) groups is 1. The summed E-state index contributed by atoms with van der Waals surface area (Å²) in [7, 11) is 0. The van der Waals surface area contributed by atoms with Crippen LogP contribution in [-0.2, 0) is 9.53 Å². The van der Waals surface area contributed by atoms with Gasteiger partial charge in [-0.1, -0.05) is 6.92 Å². The van der Waals surface area contributed by atoms with E-state index in [0.717, 1.165) is 71.2 Å².